The predicted molar refractivity (Wildman–Crippen MR) is 77.9 cm³/mol. The number of aromatic nitrogens is 1. The maximum atomic E-state index is 12.7. The zero-order valence-electron chi connectivity index (χ0n) is 12.6. The Kier molecular flexibility index (Phi) is 4.27. The van der Waals surface area contributed by atoms with E-state index in [4.69, 9.17) is 0 Å². The molecule has 6 heteroatoms. The van der Waals surface area contributed by atoms with Crippen LogP contribution in [0.4, 0.5) is 0 Å². The van der Waals surface area contributed by atoms with Crippen molar-refractivity contribution < 1.29 is 13.5 Å². The minimum Gasteiger partial charge on any atom is -0.390 e. The average Bonchev–Trinajstić information content (AvgIpc) is 2.92. The number of rotatable bonds is 4. The van der Waals surface area contributed by atoms with Crippen molar-refractivity contribution in [2.45, 2.75) is 57.7 Å². The first-order valence-corrected chi connectivity index (χ1v) is 8.54. The summed E-state index contributed by atoms with van der Waals surface area (Å²) in [6.45, 7) is 8.38. The normalized spacial score (nSPS) is 24.7. The van der Waals surface area contributed by atoms with E-state index in [2.05, 4.69) is 6.92 Å². The summed E-state index contributed by atoms with van der Waals surface area (Å²) in [5.74, 6) is 0.393. The average molecular weight is 300 g/mol. The van der Waals surface area contributed by atoms with Crippen LogP contribution < -0.4 is 0 Å². The van der Waals surface area contributed by atoms with Gasteiger partial charge in [-0.05, 0) is 39.2 Å². The van der Waals surface area contributed by atoms with Gasteiger partial charge in [0.15, 0.2) is 0 Å². The van der Waals surface area contributed by atoms with E-state index in [1.54, 1.807) is 16.6 Å². The Bertz CT molecular complexity index is 577. The molecule has 2 atom stereocenters. The van der Waals surface area contributed by atoms with E-state index in [0.717, 1.165) is 6.42 Å². The van der Waals surface area contributed by atoms with Crippen molar-refractivity contribution in [3.63, 3.8) is 0 Å². The number of sulfonamides is 1. The zero-order chi connectivity index (χ0) is 15.1. The third kappa shape index (κ3) is 2.64. The first-order valence-electron chi connectivity index (χ1n) is 7.10. The van der Waals surface area contributed by atoms with Gasteiger partial charge in [0.25, 0.3) is 0 Å². The second-order valence-electron chi connectivity index (χ2n) is 6.09. The topological polar surface area (TPSA) is 62.5 Å². The fourth-order valence-corrected chi connectivity index (χ4v) is 4.79. The molecule has 1 aromatic rings. The highest BCUT2D eigenvalue weighted by atomic mass is 32.2. The molecule has 0 amide bonds. The molecular formula is C14H24N2O3S. The van der Waals surface area contributed by atoms with Gasteiger partial charge in [0.1, 0.15) is 4.90 Å². The number of aliphatic hydroxyl groups is 1. The van der Waals surface area contributed by atoms with E-state index >= 15 is 0 Å². The Labute approximate surface area is 121 Å². The second kappa shape index (κ2) is 5.50. The van der Waals surface area contributed by atoms with Crippen molar-refractivity contribution >= 4 is 10.0 Å². The van der Waals surface area contributed by atoms with Gasteiger partial charge < -0.3 is 9.67 Å². The predicted octanol–water partition coefficient (Wildman–Crippen LogP) is 1.98. The minimum atomic E-state index is -3.46. The molecule has 5 nitrogen and oxygen atoms in total. The van der Waals surface area contributed by atoms with Crippen LogP contribution in [-0.4, -0.2) is 35.0 Å². The number of aliphatic hydroxyl groups excluding tert-OH is 1. The first kappa shape index (κ1) is 15.5. The maximum absolute atomic E-state index is 12.7. The molecule has 0 aliphatic carbocycles. The van der Waals surface area contributed by atoms with Gasteiger partial charge >= 0.3 is 0 Å². The van der Waals surface area contributed by atoms with Crippen molar-refractivity contribution in [3.05, 3.63) is 18.0 Å². The van der Waals surface area contributed by atoms with Crippen LogP contribution in [0.3, 0.4) is 0 Å². The molecule has 1 aliphatic heterocycles. The quantitative estimate of drug-likeness (QED) is 0.925. The summed E-state index contributed by atoms with van der Waals surface area (Å²) >= 11 is 0. The Morgan fingerprint density at radius 3 is 2.45 bits per heavy atom. The molecule has 114 valence electrons. The van der Waals surface area contributed by atoms with E-state index in [9.17, 15) is 13.5 Å². The Morgan fingerprint density at radius 2 is 2.05 bits per heavy atom. The number of nitrogens with zero attached hydrogens (tertiary/aromatic N) is 2. The molecule has 0 aromatic carbocycles. The molecule has 20 heavy (non-hydrogen) atoms. The van der Waals surface area contributed by atoms with Crippen LogP contribution in [0.1, 0.15) is 45.9 Å². The van der Waals surface area contributed by atoms with Gasteiger partial charge in [-0.2, -0.15) is 4.31 Å². The largest absolute Gasteiger partial charge is 0.390 e. The van der Waals surface area contributed by atoms with Gasteiger partial charge in [0.2, 0.25) is 10.0 Å². The molecule has 1 N–H and O–H groups in total. The standard InChI is InChI=1S/C14H24N2O3S/c1-10(2)15-8-14(6-13(15)9-17)20(18,19)16-7-11(3)5-12(16)4/h6,8,10-12,17H,5,7,9H2,1-4H3. The SMILES string of the molecule is CC1CC(C)N(S(=O)(=O)c2cc(CO)n(C(C)C)c2)C1. The molecule has 2 heterocycles. The molecular weight excluding hydrogens is 276 g/mol. The molecule has 1 aliphatic rings. The third-order valence-electron chi connectivity index (χ3n) is 3.96. The molecule has 0 saturated carbocycles. The third-order valence-corrected chi connectivity index (χ3v) is 5.90. The monoisotopic (exact) mass is 300 g/mol. The molecule has 1 saturated heterocycles. The molecule has 0 spiro atoms. The molecule has 0 radical (unpaired) electrons. The summed E-state index contributed by atoms with van der Waals surface area (Å²) in [5, 5.41) is 9.38. The Hall–Kier alpha value is -0.850. The summed E-state index contributed by atoms with van der Waals surface area (Å²) in [4.78, 5) is 0.288. The highest BCUT2D eigenvalue weighted by Crippen LogP contribution is 2.30. The first-order chi connectivity index (χ1) is 9.27. The van der Waals surface area contributed by atoms with Crippen LogP contribution in [0.2, 0.25) is 0 Å². The van der Waals surface area contributed by atoms with E-state index in [-0.39, 0.29) is 23.6 Å². The second-order valence-corrected chi connectivity index (χ2v) is 7.98. The van der Waals surface area contributed by atoms with E-state index < -0.39 is 10.0 Å². The molecule has 0 bridgehead atoms. The molecule has 2 rings (SSSR count). The van der Waals surface area contributed by atoms with Crippen molar-refractivity contribution in [2.75, 3.05) is 6.54 Å². The van der Waals surface area contributed by atoms with Crippen LogP contribution in [0.15, 0.2) is 17.2 Å². The lowest BCUT2D eigenvalue weighted by molar-refractivity contribution is 0.268. The number of hydrogen-bond donors (Lipinski definition) is 1. The summed E-state index contributed by atoms with van der Waals surface area (Å²) in [6.07, 6.45) is 2.54. The van der Waals surface area contributed by atoms with E-state index in [1.165, 1.54) is 0 Å². The van der Waals surface area contributed by atoms with Gasteiger partial charge in [-0.15, -0.1) is 0 Å². The zero-order valence-corrected chi connectivity index (χ0v) is 13.4. The van der Waals surface area contributed by atoms with Crippen LogP contribution in [0, 0.1) is 5.92 Å². The van der Waals surface area contributed by atoms with Gasteiger partial charge in [-0.25, -0.2) is 8.42 Å². The van der Waals surface area contributed by atoms with Gasteiger partial charge in [0.05, 0.1) is 6.61 Å². The minimum absolute atomic E-state index is 0.0370. The van der Waals surface area contributed by atoms with Crippen LogP contribution in [0.25, 0.3) is 0 Å². The Morgan fingerprint density at radius 1 is 1.40 bits per heavy atom. The van der Waals surface area contributed by atoms with Crippen LogP contribution >= 0.6 is 0 Å². The summed E-state index contributed by atoms with van der Waals surface area (Å²) in [5.41, 5.74) is 0.637. The van der Waals surface area contributed by atoms with Crippen molar-refractivity contribution in [1.29, 1.82) is 0 Å². The van der Waals surface area contributed by atoms with E-state index in [0.29, 0.717) is 18.2 Å². The van der Waals surface area contributed by atoms with Crippen molar-refractivity contribution in [3.8, 4) is 0 Å². The Balaban J connectivity index is 2.40. The van der Waals surface area contributed by atoms with Crippen molar-refractivity contribution in [1.82, 2.24) is 8.87 Å². The van der Waals surface area contributed by atoms with Gasteiger partial charge in [0, 0.05) is 30.5 Å². The lowest BCUT2D eigenvalue weighted by atomic mass is 10.1. The summed E-state index contributed by atoms with van der Waals surface area (Å²) in [7, 11) is -3.46. The van der Waals surface area contributed by atoms with Crippen LogP contribution in [0.5, 0.6) is 0 Å². The number of hydrogen-bond acceptors (Lipinski definition) is 3. The highest BCUT2D eigenvalue weighted by Gasteiger charge is 2.36. The molecule has 1 aromatic heterocycles. The fraction of sp³-hybridized carbons (Fsp3) is 0.714. The molecule has 2 unspecified atom stereocenters. The maximum Gasteiger partial charge on any atom is 0.244 e. The lowest BCUT2D eigenvalue weighted by Gasteiger charge is -2.20. The van der Waals surface area contributed by atoms with Crippen LogP contribution in [-0.2, 0) is 16.6 Å². The summed E-state index contributed by atoms with van der Waals surface area (Å²) in [6, 6.07) is 1.75. The lowest BCUT2D eigenvalue weighted by Crippen LogP contribution is -2.33. The van der Waals surface area contributed by atoms with Crippen molar-refractivity contribution in [2.24, 2.45) is 5.92 Å². The molecule has 1 fully saturated rings. The smallest absolute Gasteiger partial charge is 0.244 e. The van der Waals surface area contributed by atoms with Gasteiger partial charge in [-0.3, -0.25) is 0 Å². The summed E-state index contributed by atoms with van der Waals surface area (Å²) < 4.78 is 28.8. The van der Waals surface area contributed by atoms with Gasteiger partial charge in [-0.1, -0.05) is 6.92 Å². The highest BCUT2D eigenvalue weighted by molar-refractivity contribution is 7.89. The fourth-order valence-electron chi connectivity index (χ4n) is 2.98. The van der Waals surface area contributed by atoms with E-state index in [1.807, 2.05) is 25.3 Å².